The van der Waals surface area contributed by atoms with Crippen molar-refractivity contribution in [2.45, 2.75) is 19.4 Å². The molecule has 86 valence electrons. The maximum atomic E-state index is 12.2. The lowest BCUT2D eigenvalue weighted by atomic mass is 10.1. The zero-order valence-electron chi connectivity index (χ0n) is 9.27. The fraction of sp³-hybridized carbons (Fsp3) is 0.636. The van der Waals surface area contributed by atoms with E-state index in [1.54, 1.807) is 6.92 Å². The van der Waals surface area contributed by atoms with Crippen molar-refractivity contribution in [3.63, 3.8) is 0 Å². The summed E-state index contributed by atoms with van der Waals surface area (Å²) in [5.41, 5.74) is 0.597. The number of nitrogens with one attached hydrogen (secondary N) is 1. The van der Waals surface area contributed by atoms with E-state index in [9.17, 15) is 4.79 Å². The first-order chi connectivity index (χ1) is 7.75. The minimum Gasteiger partial charge on any atom is -0.361 e. The van der Waals surface area contributed by atoms with Crippen LogP contribution < -0.4 is 5.32 Å². The van der Waals surface area contributed by atoms with E-state index < -0.39 is 0 Å². The summed E-state index contributed by atoms with van der Waals surface area (Å²) < 4.78 is 4.93. The first kappa shape index (κ1) is 9.84. The highest BCUT2D eigenvalue weighted by molar-refractivity contribution is 5.95. The van der Waals surface area contributed by atoms with Gasteiger partial charge in [-0.25, -0.2) is 0 Å². The number of nitrogens with zero attached hydrogens (tertiary/aromatic N) is 2. The smallest absolute Gasteiger partial charge is 0.259 e. The van der Waals surface area contributed by atoms with Crippen LogP contribution in [0.1, 0.15) is 22.5 Å². The van der Waals surface area contributed by atoms with Gasteiger partial charge in [-0.2, -0.15) is 0 Å². The Morgan fingerprint density at radius 1 is 1.62 bits per heavy atom. The Hall–Kier alpha value is -1.36. The summed E-state index contributed by atoms with van der Waals surface area (Å²) in [4.78, 5) is 14.1. The van der Waals surface area contributed by atoms with Crippen molar-refractivity contribution in [3.05, 3.63) is 17.5 Å². The molecule has 0 radical (unpaired) electrons. The molecule has 2 unspecified atom stereocenters. The van der Waals surface area contributed by atoms with Gasteiger partial charge >= 0.3 is 0 Å². The van der Waals surface area contributed by atoms with Crippen LogP contribution in [0.5, 0.6) is 0 Å². The van der Waals surface area contributed by atoms with Gasteiger partial charge in [-0.15, -0.1) is 0 Å². The van der Waals surface area contributed by atoms with E-state index in [2.05, 4.69) is 10.5 Å². The van der Waals surface area contributed by atoms with E-state index >= 15 is 0 Å². The molecule has 2 fully saturated rings. The van der Waals surface area contributed by atoms with Crippen molar-refractivity contribution in [2.75, 3.05) is 19.6 Å². The van der Waals surface area contributed by atoms with Crippen LogP contribution in [0.2, 0.25) is 0 Å². The molecule has 1 N–H and O–H groups in total. The zero-order valence-corrected chi connectivity index (χ0v) is 9.27. The first-order valence-electron chi connectivity index (χ1n) is 5.69. The Balaban J connectivity index is 1.75. The molecule has 2 aliphatic rings. The predicted molar refractivity (Wildman–Crippen MR) is 57.0 cm³/mol. The van der Waals surface area contributed by atoms with Gasteiger partial charge in [0, 0.05) is 19.1 Å². The van der Waals surface area contributed by atoms with Crippen molar-refractivity contribution in [1.82, 2.24) is 15.4 Å². The Kier molecular flexibility index (Phi) is 2.21. The third-order valence-electron chi connectivity index (χ3n) is 3.63. The molecule has 2 atom stereocenters. The van der Waals surface area contributed by atoms with Gasteiger partial charge in [0.25, 0.3) is 5.91 Å². The molecule has 5 heteroatoms. The van der Waals surface area contributed by atoms with Crippen LogP contribution in [0.15, 0.2) is 10.7 Å². The molecule has 1 aromatic heterocycles. The maximum Gasteiger partial charge on any atom is 0.259 e. The molecule has 3 heterocycles. The van der Waals surface area contributed by atoms with Gasteiger partial charge in [0.05, 0.1) is 6.20 Å². The molecule has 2 saturated heterocycles. The second-order valence-corrected chi connectivity index (χ2v) is 4.62. The van der Waals surface area contributed by atoms with Gasteiger partial charge in [-0.05, 0) is 25.8 Å². The van der Waals surface area contributed by atoms with Gasteiger partial charge < -0.3 is 14.7 Å². The number of rotatable bonds is 1. The topological polar surface area (TPSA) is 58.4 Å². The first-order valence-corrected chi connectivity index (χ1v) is 5.69. The Bertz CT molecular complexity index is 403. The highest BCUT2D eigenvalue weighted by Gasteiger charge is 2.38. The molecule has 0 aromatic carbocycles. The summed E-state index contributed by atoms with van der Waals surface area (Å²) in [7, 11) is 0. The van der Waals surface area contributed by atoms with Gasteiger partial charge in [0.15, 0.2) is 0 Å². The monoisotopic (exact) mass is 221 g/mol. The lowest BCUT2D eigenvalue weighted by Gasteiger charge is -2.16. The van der Waals surface area contributed by atoms with Crippen molar-refractivity contribution in [3.8, 4) is 0 Å². The number of likely N-dealkylation sites (tertiary alicyclic amines) is 1. The number of hydrogen-bond donors (Lipinski definition) is 1. The van der Waals surface area contributed by atoms with Crippen LogP contribution in [0.25, 0.3) is 0 Å². The largest absolute Gasteiger partial charge is 0.361 e. The average Bonchev–Trinajstić information content (AvgIpc) is 2.89. The van der Waals surface area contributed by atoms with E-state index in [1.807, 2.05) is 4.90 Å². The summed E-state index contributed by atoms with van der Waals surface area (Å²) >= 11 is 0. The molecule has 0 saturated carbocycles. The van der Waals surface area contributed by atoms with E-state index in [1.165, 1.54) is 12.6 Å². The Labute approximate surface area is 93.8 Å². The van der Waals surface area contributed by atoms with E-state index in [0.29, 0.717) is 23.3 Å². The van der Waals surface area contributed by atoms with Gasteiger partial charge in [-0.3, -0.25) is 4.79 Å². The summed E-state index contributed by atoms with van der Waals surface area (Å²) in [6, 6.07) is 0.490. The van der Waals surface area contributed by atoms with Gasteiger partial charge in [0.2, 0.25) is 0 Å². The number of hydrogen-bond acceptors (Lipinski definition) is 4. The van der Waals surface area contributed by atoms with Crippen molar-refractivity contribution < 1.29 is 9.32 Å². The van der Waals surface area contributed by atoms with E-state index in [0.717, 1.165) is 19.6 Å². The molecule has 0 aliphatic carbocycles. The predicted octanol–water partition coefficient (Wildman–Crippen LogP) is 0.417. The minimum absolute atomic E-state index is 0.0509. The standard InChI is InChI=1S/C11H15N3O2/c1-7-9(4-13-16-7)11(15)14-5-8-2-3-12-10(8)6-14/h4,8,10,12H,2-3,5-6H2,1H3. The summed E-state index contributed by atoms with van der Waals surface area (Å²) in [6.45, 7) is 4.54. The molecular formula is C11H15N3O2. The number of fused-ring (bicyclic) bond motifs is 1. The van der Waals surface area contributed by atoms with E-state index in [-0.39, 0.29) is 5.91 Å². The molecule has 0 bridgehead atoms. The lowest BCUT2D eigenvalue weighted by molar-refractivity contribution is 0.0781. The van der Waals surface area contributed by atoms with Crippen LogP contribution >= 0.6 is 0 Å². The second-order valence-electron chi connectivity index (χ2n) is 4.62. The fourth-order valence-electron chi connectivity index (χ4n) is 2.69. The number of carbonyl (C=O) groups excluding carboxylic acids is 1. The number of amides is 1. The van der Waals surface area contributed by atoms with Crippen molar-refractivity contribution in [2.24, 2.45) is 5.92 Å². The van der Waals surface area contributed by atoms with E-state index in [4.69, 9.17) is 4.52 Å². The zero-order chi connectivity index (χ0) is 11.1. The molecule has 0 spiro atoms. The molecule has 16 heavy (non-hydrogen) atoms. The number of aromatic nitrogens is 1. The number of aryl methyl sites for hydroxylation is 1. The lowest BCUT2D eigenvalue weighted by Crippen LogP contribution is -2.34. The fourth-order valence-corrected chi connectivity index (χ4v) is 2.69. The molecular weight excluding hydrogens is 206 g/mol. The molecule has 2 aliphatic heterocycles. The van der Waals surface area contributed by atoms with Crippen LogP contribution in [0.3, 0.4) is 0 Å². The third kappa shape index (κ3) is 1.43. The molecule has 1 aromatic rings. The summed E-state index contributed by atoms with van der Waals surface area (Å²) in [5, 5.41) is 7.08. The molecule has 3 rings (SSSR count). The van der Waals surface area contributed by atoms with Crippen LogP contribution in [-0.2, 0) is 0 Å². The van der Waals surface area contributed by atoms with Crippen LogP contribution in [-0.4, -0.2) is 41.6 Å². The highest BCUT2D eigenvalue weighted by atomic mass is 16.5. The average molecular weight is 221 g/mol. The SMILES string of the molecule is Cc1oncc1C(=O)N1CC2CCNC2C1. The van der Waals surface area contributed by atoms with Crippen molar-refractivity contribution >= 4 is 5.91 Å². The summed E-state index contributed by atoms with van der Waals surface area (Å²) in [6.07, 6.45) is 2.69. The normalized spacial score (nSPS) is 28.4. The number of carbonyl (C=O) groups is 1. The second kappa shape index (κ2) is 3.59. The Morgan fingerprint density at radius 3 is 3.19 bits per heavy atom. The maximum absolute atomic E-state index is 12.2. The van der Waals surface area contributed by atoms with Gasteiger partial charge in [-0.1, -0.05) is 5.16 Å². The quantitative estimate of drug-likeness (QED) is 0.746. The molecule has 5 nitrogen and oxygen atoms in total. The van der Waals surface area contributed by atoms with Gasteiger partial charge in [0.1, 0.15) is 11.3 Å². The Morgan fingerprint density at radius 2 is 2.50 bits per heavy atom. The third-order valence-corrected chi connectivity index (χ3v) is 3.63. The summed E-state index contributed by atoms with van der Waals surface area (Å²) in [5.74, 6) is 1.29. The van der Waals surface area contributed by atoms with Crippen LogP contribution in [0.4, 0.5) is 0 Å². The molecule has 1 amide bonds. The van der Waals surface area contributed by atoms with Crippen molar-refractivity contribution in [1.29, 1.82) is 0 Å². The van der Waals surface area contributed by atoms with Crippen LogP contribution in [0, 0.1) is 12.8 Å². The minimum atomic E-state index is 0.0509. The highest BCUT2D eigenvalue weighted by Crippen LogP contribution is 2.26.